The molecule has 3 nitrogen and oxygen atoms in total. The van der Waals surface area contributed by atoms with Gasteiger partial charge in [-0.1, -0.05) is 19.1 Å². The van der Waals surface area contributed by atoms with Crippen molar-refractivity contribution in [2.24, 2.45) is 0 Å². The SMILES string of the molecule is CCC1CNCCN1Cc1ccc(OC(F)(F)F)cc1. The summed E-state index contributed by atoms with van der Waals surface area (Å²) in [4.78, 5) is 2.36. The number of nitrogens with zero attached hydrogens (tertiary/aromatic N) is 1. The van der Waals surface area contributed by atoms with E-state index in [9.17, 15) is 13.2 Å². The average Bonchev–Trinajstić information content (AvgIpc) is 2.40. The molecule has 0 spiro atoms. The third-order valence-electron chi connectivity index (χ3n) is 3.49. The van der Waals surface area contributed by atoms with Crippen LogP contribution in [0.5, 0.6) is 5.75 Å². The highest BCUT2D eigenvalue weighted by Gasteiger charge is 2.31. The summed E-state index contributed by atoms with van der Waals surface area (Å²) in [7, 11) is 0. The van der Waals surface area contributed by atoms with Gasteiger partial charge in [0.15, 0.2) is 0 Å². The van der Waals surface area contributed by atoms with E-state index in [0.717, 1.165) is 38.2 Å². The summed E-state index contributed by atoms with van der Waals surface area (Å²) in [5.74, 6) is -0.173. The van der Waals surface area contributed by atoms with E-state index in [1.165, 1.54) is 12.1 Å². The molecule has 0 amide bonds. The van der Waals surface area contributed by atoms with Crippen LogP contribution in [0.3, 0.4) is 0 Å². The lowest BCUT2D eigenvalue weighted by molar-refractivity contribution is -0.274. The Morgan fingerprint density at radius 3 is 2.60 bits per heavy atom. The lowest BCUT2D eigenvalue weighted by atomic mass is 10.1. The van der Waals surface area contributed by atoms with Crippen molar-refractivity contribution in [3.8, 4) is 5.75 Å². The molecule has 1 aliphatic rings. The first-order chi connectivity index (χ1) is 9.48. The molecule has 1 N–H and O–H groups in total. The fourth-order valence-corrected chi connectivity index (χ4v) is 2.44. The second-order valence-electron chi connectivity index (χ2n) is 4.93. The van der Waals surface area contributed by atoms with E-state index in [1.807, 2.05) is 0 Å². The molecule has 1 fully saturated rings. The molecule has 1 aromatic rings. The van der Waals surface area contributed by atoms with Gasteiger partial charge in [-0.05, 0) is 24.1 Å². The van der Waals surface area contributed by atoms with Gasteiger partial charge in [0, 0.05) is 32.2 Å². The van der Waals surface area contributed by atoms with Crippen LogP contribution in [0, 0.1) is 0 Å². The van der Waals surface area contributed by atoms with Crippen molar-refractivity contribution in [2.45, 2.75) is 32.3 Å². The zero-order valence-electron chi connectivity index (χ0n) is 11.4. The molecule has 1 aliphatic heterocycles. The number of hydrogen-bond acceptors (Lipinski definition) is 3. The number of alkyl halides is 3. The van der Waals surface area contributed by atoms with Gasteiger partial charge in [0.25, 0.3) is 0 Å². The molecule has 112 valence electrons. The molecule has 1 heterocycles. The molecule has 20 heavy (non-hydrogen) atoms. The van der Waals surface area contributed by atoms with E-state index in [4.69, 9.17) is 0 Å². The van der Waals surface area contributed by atoms with Crippen molar-refractivity contribution in [1.82, 2.24) is 10.2 Å². The van der Waals surface area contributed by atoms with Crippen LogP contribution in [0.15, 0.2) is 24.3 Å². The summed E-state index contributed by atoms with van der Waals surface area (Å²) < 4.78 is 40.1. The van der Waals surface area contributed by atoms with Crippen molar-refractivity contribution >= 4 is 0 Å². The molecular formula is C14H19F3N2O. The predicted molar refractivity (Wildman–Crippen MR) is 70.5 cm³/mol. The number of nitrogens with one attached hydrogen (secondary N) is 1. The van der Waals surface area contributed by atoms with Gasteiger partial charge < -0.3 is 10.1 Å². The minimum Gasteiger partial charge on any atom is -0.406 e. The second kappa shape index (κ2) is 6.45. The highest BCUT2D eigenvalue weighted by molar-refractivity contribution is 5.27. The maximum Gasteiger partial charge on any atom is 0.573 e. The number of halogens is 3. The smallest absolute Gasteiger partial charge is 0.406 e. The summed E-state index contributed by atoms with van der Waals surface area (Å²) in [6.45, 7) is 5.77. The summed E-state index contributed by atoms with van der Waals surface area (Å²) >= 11 is 0. The highest BCUT2D eigenvalue weighted by Crippen LogP contribution is 2.23. The van der Waals surface area contributed by atoms with Gasteiger partial charge in [0.05, 0.1) is 0 Å². The summed E-state index contributed by atoms with van der Waals surface area (Å²) in [6.07, 6.45) is -3.57. The van der Waals surface area contributed by atoms with Crippen LogP contribution >= 0.6 is 0 Å². The minimum absolute atomic E-state index is 0.173. The first kappa shape index (κ1) is 15.1. The van der Waals surface area contributed by atoms with Gasteiger partial charge in [-0.25, -0.2) is 0 Å². The van der Waals surface area contributed by atoms with Crippen LogP contribution in [-0.4, -0.2) is 36.9 Å². The summed E-state index contributed by atoms with van der Waals surface area (Å²) in [6, 6.07) is 6.60. The number of rotatable bonds is 4. The topological polar surface area (TPSA) is 24.5 Å². The Hall–Kier alpha value is -1.27. The highest BCUT2D eigenvalue weighted by atomic mass is 19.4. The lowest BCUT2D eigenvalue weighted by Crippen LogP contribution is -2.50. The fraction of sp³-hybridized carbons (Fsp3) is 0.571. The normalized spacial score (nSPS) is 20.9. The van der Waals surface area contributed by atoms with Crippen molar-refractivity contribution < 1.29 is 17.9 Å². The van der Waals surface area contributed by atoms with Crippen LogP contribution in [-0.2, 0) is 6.54 Å². The maximum absolute atomic E-state index is 12.1. The number of piperazine rings is 1. The molecule has 0 saturated carbocycles. The Morgan fingerprint density at radius 1 is 1.30 bits per heavy atom. The van der Waals surface area contributed by atoms with Gasteiger partial charge in [0.1, 0.15) is 5.75 Å². The Labute approximate surface area is 116 Å². The Bertz CT molecular complexity index is 419. The minimum atomic E-state index is -4.63. The Balaban J connectivity index is 1.96. The quantitative estimate of drug-likeness (QED) is 0.922. The van der Waals surface area contributed by atoms with E-state index in [0.29, 0.717) is 6.04 Å². The molecule has 1 aromatic carbocycles. The third-order valence-corrected chi connectivity index (χ3v) is 3.49. The molecular weight excluding hydrogens is 269 g/mol. The number of hydrogen-bond donors (Lipinski definition) is 1. The van der Waals surface area contributed by atoms with Crippen molar-refractivity contribution in [2.75, 3.05) is 19.6 Å². The van der Waals surface area contributed by atoms with Crippen LogP contribution in [0.4, 0.5) is 13.2 Å². The van der Waals surface area contributed by atoms with Gasteiger partial charge in [0.2, 0.25) is 0 Å². The van der Waals surface area contributed by atoms with Gasteiger partial charge in [-0.2, -0.15) is 0 Å². The van der Waals surface area contributed by atoms with E-state index < -0.39 is 6.36 Å². The molecule has 2 rings (SSSR count). The zero-order chi connectivity index (χ0) is 14.6. The molecule has 0 radical (unpaired) electrons. The lowest BCUT2D eigenvalue weighted by Gasteiger charge is -2.35. The first-order valence-electron chi connectivity index (χ1n) is 6.77. The molecule has 1 atom stereocenters. The first-order valence-corrected chi connectivity index (χ1v) is 6.77. The molecule has 0 aliphatic carbocycles. The molecule has 1 saturated heterocycles. The van der Waals surface area contributed by atoms with Crippen LogP contribution in [0.25, 0.3) is 0 Å². The van der Waals surface area contributed by atoms with Crippen molar-refractivity contribution in [3.63, 3.8) is 0 Å². The van der Waals surface area contributed by atoms with Crippen LogP contribution in [0.2, 0.25) is 0 Å². The van der Waals surface area contributed by atoms with E-state index >= 15 is 0 Å². The van der Waals surface area contributed by atoms with E-state index in [-0.39, 0.29) is 5.75 Å². The van der Waals surface area contributed by atoms with Crippen LogP contribution < -0.4 is 10.1 Å². The zero-order valence-corrected chi connectivity index (χ0v) is 11.4. The van der Waals surface area contributed by atoms with Crippen molar-refractivity contribution in [1.29, 1.82) is 0 Å². The third kappa shape index (κ3) is 4.38. The van der Waals surface area contributed by atoms with E-state index in [2.05, 4.69) is 21.9 Å². The fourth-order valence-electron chi connectivity index (χ4n) is 2.44. The average molecular weight is 288 g/mol. The predicted octanol–water partition coefficient (Wildman–Crippen LogP) is 2.77. The maximum atomic E-state index is 12.1. The van der Waals surface area contributed by atoms with Crippen LogP contribution in [0.1, 0.15) is 18.9 Å². The number of benzene rings is 1. The molecule has 1 unspecified atom stereocenters. The number of ether oxygens (including phenoxy) is 1. The monoisotopic (exact) mass is 288 g/mol. The Kier molecular flexibility index (Phi) is 4.88. The Morgan fingerprint density at radius 2 is 2.00 bits per heavy atom. The summed E-state index contributed by atoms with van der Waals surface area (Å²) in [5.41, 5.74) is 1.000. The van der Waals surface area contributed by atoms with Gasteiger partial charge >= 0.3 is 6.36 Å². The largest absolute Gasteiger partial charge is 0.573 e. The van der Waals surface area contributed by atoms with Crippen molar-refractivity contribution in [3.05, 3.63) is 29.8 Å². The standard InChI is InChI=1S/C14H19F3N2O/c1-2-12-9-18-7-8-19(12)10-11-3-5-13(6-4-11)20-14(15,16)17/h3-6,12,18H,2,7-10H2,1H3. The molecule has 0 aromatic heterocycles. The molecule has 0 bridgehead atoms. The molecule has 6 heteroatoms. The summed E-state index contributed by atoms with van der Waals surface area (Å²) in [5, 5.41) is 3.35. The second-order valence-corrected chi connectivity index (χ2v) is 4.93. The van der Waals surface area contributed by atoms with E-state index in [1.54, 1.807) is 12.1 Å². The van der Waals surface area contributed by atoms with Gasteiger partial charge in [-0.15, -0.1) is 13.2 Å². The van der Waals surface area contributed by atoms with Gasteiger partial charge in [-0.3, -0.25) is 4.90 Å².